The predicted molar refractivity (Wildman–Crippen MR) is 165 cm³/mol. The smallest absolute Gasteiger partial charge is 0.121 e. The van der Waals surface area contributed by atoms with Crippen LogP contribution in [0.4, 0.5) is 17.1 Å². The molecule has 210 valence electrons. The quantitative estimate of drug-likeness (QED) is 0.200. The van der Waals surface area contributed by atoms with Crippen LogP contribution in [0.15, 0.2) is 108 Å². The maximum Gasteiger partial charge on any atom is 0.121 e. The maximum atomic E-state index is 5.58. The number of nitrogens with zero attached hydrogens (tertiary/aromatic N) is 3. The van der Waals surface area contributed by atoms with Gasteiger partial charge in [0.2, 0.25) is 0 Å². The van der Waals surface area contributed by atoms with Gasteiger partial charge in [-0.1, -0.05) is 0 Å². The minimum Gasteiger partial charge on any atom is -0.497 e. The van der Waals surface area contributed by atoms with Gasteiger partial charge in [-0.15, -0.1) is 0 Å². The van der Waals surface area contributed by atoms with E-state index < -0.39 is 0 Å². The van der Waals surface area contributed by atoms with Crippen LogP contribution < -0.4 is 29.6 Å². The van der Waals surface area contributed by atoms with Crippen LogP contribution >= 0.6 is 0 Å². The summed E-state index contributed by atoms with van der Waals surface area (Å²) in [6, 6.07) is 33.4. The largest absolute Gasteiger partial charge is 0.497 e. The lowest BCUT2D eigenvalue weighted by molar-refractivity contribution is 0.414. The standard InChI is InChI=1S/C34H30N4O4/c1-39-25-11-5-22(6-12-25)35-30-20-32-34(21-31(30)36-23-7-13-26(40-2)14-8-23)38(24-9-15-27(41-3)16-10-24)33-19-28(42-4)17-18-29(33)37-32/h5-21,35H,1-4H3. The average Bonchev–Trinajstić information content (AvgIpc) is 3.04. The molecule has 0 bridgehead atoms. The summed E-state index contributed by atoms with van der Waals surface area (Å²) in [5.74, 6) is 3.07. The van der Waals surface area contributed by atoms with Crippen LogP contribution in [0.1, 0.15) is 0 Å². The maximum absolute atomic E-state index is 5.58. The number of nitrogens with one attached hydrogen (secondary N) is 1. The average molecular weight is 559 g/mol. The van der Waals surface area contributed by atoms with Crippen molar-refractivity contribution >= 4 is 28.1 Å². The van der Waals surface area contributed by atoms with E-state index in [0.717, 1.165) is 73.5 Å². The fourth-order valence-corrected chi connectivity index (χ4v) is 4.83. The zero-order valence-corrected chi connectivity index (χ0v) is 23.8. The van der Waals surface area contributed by atoms with Gasteiger partial charge >= 0.3 is 0 Å². The summed E-state index contributed by atoms with van der Waals surface area (Å²) in [6.07, 6.45) is 0. The first-order valence-electron chi connectivity index (χ1n) is 13.4. The SMILES string of the molecule is COc1ccc(N=c2cc3n(-c4ccc(OC)cc4)c4cc(OC)ccc4nc-3cc2Nc2ccc(OC)cc2)cc1. The molecule has 0 aromatic heterocycles. The highest BCUT2D eigenvalue weighted by Crippen LogP contribution is 2.33. The Morgan fingerprint density at radius 1 is 0.619 bits per heavy atom. The van der Waals surface area contributed by atoms with Crippen molar-refractivity contribution in [1.29, 1.82) is 0 Å². The van der Waals surface area contributed by atoms with Gasteiger partial charge in [0.05, 0.1) is 67.6 Å². The number of hydrogen-bond acceptors (Lipinski definition) is 7. The lowest BCUT2D eigenvalue weighted by atomic mass is 10.1. The number of methoxy groups -OCH3 is 4. The lowest BCUT2D eigenvalue weighted by Crippen LogP contribution is -2.14. The predicted octanol–water partition coefficient (Wildman–Crippen LogP) is 7.14. The molecule has 8 heteroatoms. The Morgan fingerprint density at radius 3 is 1.81 bits per heavy atom. The van der Waals surface area contributed by atoms with Crippen molar-refractivity contribution in [3.8, 4) is 40.1 Å². The van der Waals surface area contributed by atoms with Crippen LogP contribution in [0, 0.1) is 0 Å². The Hall–Kier alpha value is -5.50. The molecule has 0 saturated heterocycles. The molecule has 0 saturated carbocycles. The fraction of sp³-hybridized carbons (Fsp3) is 0.118. The Balaban J connectivity index is 1.63. The van der Waals surface area contributed by atoms with E-state index in [1.807, 2.05) is 97.1 Å². The summed E-state index contributed by atoms with van der Waals surface area (Å²) in [5, 5.41) is 4.28. The van der Waals surface area contributed by atoms with E-state index in [-0.39, 0.29) is 0 Å². The third-order valence-electron chi connectivity index (χ3n) is 7.02. The van der Waals surface area contributed by atoms with Crippen LogP contribution in [0.2, 0.25) is 0 Å². The highest BCUT2D eigenvalue weighted by molar-refractivity contribution is 5.85. The monoisotopic (exact) mass is 558 g/mol. The van der Waals surface area contributed by atoms with Crippen molar-refractivity contribution in [2.45, 2.75) is 0 Å². The molecule has 1 heterocycles. The molecule has 6 rings (SSSR count). The molecule has 4 aromatic carbocycles. The van der Waals surface area contributed by atoms with Gasteiger partial charge < -0.3 is 28.8 Å². The topological polar surface area (TPSA) is 79.1 Å². The van der Waals surface area contributed by atoms with Gasteiger partial charge in [-0.2, -0.15) is 0 Å². The van der Waals surface area contributed by atoms with Gasteiger partial charge in [-0.05, 0) is 97.1 Å². The Kier molecular flexibility index (Phi) is 7.34. The van der Waals surface area contributed by atoms with Gasteiger partial charge in [0, 0.05) is 17.4 Å². The molecule has 8 nitrogen and oxygen atoms in total. The van der Waals surface area contributed by atoms with Crippen molar-refractivity contribution < 1.29 is 18.9 Å². The van der Waals surface area contributed by atoms with Crippen LogP contribution in [-0.4, -0.2) is 38.0 Å². The summed E-state index contributed by atoms with van der Waals surface area (Å²) >= 11 is 0. The van der Waals surface area contributed by atoms with Gasteiger partial charge in [0.15, 0.2) is 0 Å². The summed E-state index contributed by atoms with van der Waals surface area (Å²) in [7, 11) is 6.63. The van der Waals surface area contributed by atoms with E-state index in [1.165, 1.54) is 0 Å². The van der Waals surface area contributed by atoms with E-state index in [1.54, 1.807) is 28.4 Å². The minimum absolute atomic E-state index is 0.742. The number of ether oxygens (including phenoxy) is 4. The van der Waals surface area contributed by atoms with Crippen molar-refractivity contribution in [1.82, 2.24) is 9.55 Å². The molecule has 1 aliphatic heterocycles. The van der Waals surface area contributed by atoms with Gasteiger partial charge in [0.1, 0.15) is 23.0 Å². The zero-order chi connectivity index (χ0) is 29.1. The summed E-state index contributed by atoms with van der Waals surface area (Å²) < 4.78 is 23.9. The Labute approximate surface area is 243 Å². The van der Waals surface area contributed by atoms with E-state index in [0.29, 0.717) is 0 Å². The van der Waals surface area contributed by atoms with E-state index >= 15 is 0 Å². The zero-order valence-electron chi connectivity index (χ0n) is 23.8. The number of fused-ring (bicyclic) bond motifs is 2. The van der Waals surface area contributed by atoms with E-state index in [9.17, 15) is 0 Å². The third-order valence-corrected chi connectivity index (χ3v) is 7.02. The van der Waals surface area contributed by atoms with Crippen molar-refractivity contribution in [3.05, 3.63) is 108 Å². The first-order chi connectivity index (χ1) is 20.6. The summed E-state index contributed by atoms with van der Waals surface area (Å²) in [5.41, 5.74) is 6.86. The van der Waals surface area contributed by atoms with Crippen LogP contribution in [0.3, 0.4) is 0 Å². The number of hydrogen-bond donors (Lipinski definition) is 1. The Morgan fingerprint density at radius 2 is 1.19 bits per heavy atom. The van der Waals surface area contributed by atoms with Gasteiger partial charge in [-0.25, -0.2) is 9.98 Å². The summed E-state index contributed by atoms with van der Waals surface area (Å²) in [6.45, 7) is 0. The van der Waals surface area contributed by atoms with Crippen LogP contribution in [-0.2, 0) is 0 Å². The molecule has 0 atom stereocenters. The second kappa shape index (κ2) is 11.5. The number of aromatic nitrogens is 2. The molecule has 1 aliphatic carbocycles. The fourth-order valence-electron chi connectivity index (χ4n) is 4.83. The van der Waals surface area contributed by atoms with Crippen molar-refractivity contribution in [2.24, 2.45) is 4.99 Å². The van der Waals surface area contributed by atoms with E-state index in [2.05, 4.69) is 16.0 Å². The first kappa shape index (κ1) is 26.7. The molecule has 4 aromatic rings. The molecule has 0 spiro atoms. The summed E-state index contributed by atoms with van der Waals surface area (Å²) in [4.78, 5) is 10.1. The normalized spacial score (nSPS) is 11.5. The molecule has 2 aliphatic rings. The molecular formula is C34H30N4O4. The van der Waals surface area contributed by atoms with Crippen molar-refractivity contribution in [2.75, 3.05) is 33.8 Å². The molecular weight excluding hydrogens is 528 g/mol. The number of anilines is 2. The minimum atomic E-state index is 0.742. The third kappa shape index (κ3) is 5.30. The molecule has 0 fully saturated rings. The van der Waals surface area contributed by atoms with Gasteiger partial charge in [-0.3, -0.25) is 0 Å². The molecule has 0 radical (unpaired) electrons. The molecule has 1 N–H and O–H groups in total. The number of benzene rings is 5. The van der Waals surface area contributed by atoms with Crippen LogP contribution in [0.5, 0.6) is 23.0 Å². The van der Waals surface area contributed by atoms with Crippen molar-refractivity contribution in [3.63, 3.8) is 0 Å². The highest BCUT2D eigenvalue weighted by atomic mass is 16.5. The first-order valence-corrected chi connectivity index (χ1v) is 13.4. The molecule has 42 heavy (non-hydrogen) atoms. The number of rotatable bonds is 8. The van der Waals surface area contributed by atoms with Crippen LogP contribution in [0.25, 0.3) is 28.1 Å². The van der Waals surface area contributed by atoms with Gasteiger partial charge in [0.25, 0.3) is 0 Å². The lowest BCUT2D eigenvalue weighted by Gasteiger charge is -2.21. The Bertz CT molecular complexity index is 1880. The molecule has 0 unspecified atom stereocenters. The second-order valence-electron chi connectivity index (χ2n) is 9.52. The molecule has 0 amide bonds. The highest BCUT2D eigenvalue weighted by Gasteiger charge is 2.18. The second-order valence-corrected chi connectivity index (χ2v) is 9.52. The van der Waals surface area contributed by atoms with E-state index in [4.69, 9.17) is 28.9 Å².